The van der Waals surface area contributed by atoms with Crippen molar-refractivity contribution < 1.29 is 19.1 Å². The van der Waals surface area contributed by atoms with Crippen molar-refractivity contribution in [1.82, 2.24) is 5.32 Å². The molecule has 1 aliphatic rings. The number of rotatable bonds is 7. The molecule has 1 fully saturated rings. The topological polar surface area (TPSA) is 64.6 Å². The molecule has 0 saturated carbocycles. The molecule has 1 aromatic carbocycles. The summed E-state index contributed by atoms with van der Waals surface area (Å²) < 4.78 is 10.3. The van der Waals surface area contributed by atoms with Crippen molar-refractivity contribution in [1.29, 1.82) is 0 Å². The number of amides is 1. The normalized spacial score (nSPS) is 15.2. The van der Waals surface area contributed by atoms with Gasteiger partial charge in [0, 0.05) is 13.7 Å². The predicted octanol–water partition coefficient (Wildman–Crippen LogP) is 2.47. The molecule has 0 spiro atoms. The van der Waals surface area contributed by atoms with E-state index in [0.717, 1.165) is 0 Å². The average Bonchev–Trinajstić information content (AvgIpc) is 2.61. The molecule has 1 amide bonds. The number of methoxy groups -OCH3 is 1. The van der Waals surface area contributed by atoms with E-state index < -0.39 is 5.97 Å². The molecule has 0 unspecified atom stereocenters. The first kappa shape index (κ1) is 18.2. The largest absolute Gasteiger partial charge is 0.452 e. The summed E-state index contributed by atoms with van der Waals surface area (Å²) in [5.41, 5.74) is 1.68. The fraction of sp³-hybridized carbons (Fsp3) is 0.500. The van der Waals surface area contributed by atoms with Gasteiger partial charge < -0.3 is 14.8 Å². The quantitative estimate of drug-likeness (QED) is 0.599. The Labute approximate surface area is 144 Å². The van der Waals surface area contributed by atoms with E-state index in [1.165, 1.54) is 23.5 Å². The number of thioether (sulfide) groups is 2. The van der Waals surface area contributed by atoms with Crippen molar-refractivity contribution in [2.24, 2.45) is 0 Å². The zero-order chi connectivity index (χ0) is 16.5. The smallest absolute Gasteiger partial charge is 0.338 e. The van der Waals surface area contributed by atoms with E-state index in [2.05, 4.69) is 5.32 Å². The van der Waals surface area contributed by atoms with Gasteiger partial charge >= 0.3 is 5.97 Å². The van der Waals surface area contributed by atoms with Crippen LogP contribution in [0.1, 0.15) is 26.9 Å². The third kappa shape index (κ3) is 6.08. The van der Waals surface area contributed by atoms with Gasteiger partial charge in [0.25, 0.3) is 5.91 Å². The van der Waals surface area contributed by atoms with Gasteiger partial charge in [-0.3, -0.25) is 4.79 Å². The third-order valence-electron chi connectivity index (χ3n) is 3.21. The molecular formula is C16H21NO4S2. The van der Waals surface area contributed by atoms with Gasteiger partial charge in [-0.2, -0.15) is 0 Å². The van der Waals surface area contributed by atoms with Crippen LogP contribution in [0, 0.1) is 0 Å². The van der Waals surface area contributed by atoms with Gasteiger partial charge in [0.15, 0.2) is 6.61 Å². The van der Waals surface area contributed by atoms with Gasteiger partial charge in [-0.1, -0.05) is 12.1 Å². The standard InChI is InChI=1S/C16H21NO4S2/c1-20-8-7-17-14(18)11-21-15(19)12-3-5-13(6-4-12)16-22-9-2-10-23-16/h3-6,16H,2,7-11H2,1H3,(H,17,18). The van der Waals surface area contributed by atoms with Crippen LogP contribution in [0.5, 0.6) is 0 Å². The molecule has 0 bridgehead atoms. The highest BCUT2D eigenvalue weighted by Gasteiger charge is 2.17. The highest BCUT2D eigenvalue weighted by Crippen LogP contribution is 2.43. The highest BCUT2D eigenvalue weighted by molar-refractivity contribution is 8.16. The summed E-state index contributed by atoms with van der Waals surface area (Å²) in [4.78, 5) is 23.4. The van der Waals surface area contributed by atoms with Crippen LogP contribution < -0.4 is 5.32 Å². The molecule has 0 aromatic heterocycles. The SMILES string of the molecule is COCCNC(=O)COC(=O)c1ccc(C2SCCCS2)cc1. The first-order chi connectivity index (χ1) is 11.2. The molecule has 1 N–H and O–H groups in total. The Kier molecular flexibility index (Phi) is 7.78. The summed E-state index contributed by atoms with van der Waals surface area (Å²) >= 11 is 3.88. The van der Waals surface area contributed by atoms with Crippen LogP contribution in [-0.2, 0) is 14.3 Å². The molecule has 0 aliphatic carbocycles. The van der Waals surface area contributed by atoms with Crippen molar-refractivity contribution in [3.05, 3.63) is 35.4 Å². The summed E-state index contributed by atoms with van der Waals surface area (Å²) in [5.74, 6) is 1.55. The lowest BCUT2D eigenvalue weighted by atomic mass is 10.1. The Balaban J connectivity index is 1.79. The number of carbonyl (C=O) groups is 2. The second-order valence-corrected chi connectivity index (χ2v) is 7.69. The maximum Gasteiger partial charge on any atom is 0.338 e. The number of benzene rings is 1. The average molecular weight is 355 g/mol. The lowest BCUT2D eigenvalue weighted by Crippen LogP contribution is -2.31. The second kappa shape index (κ2) is 9.85. The predicted molar refractivity (Wildman–Crippen MR) is 93.9 cm³/mol. The molecule has 126 valence electrons. The summed E-state index contributed by atoms with van der Waals surface area (Å²) in [7, 11) is 1.56. The number of hydrogen-bond acceptors (Lipinski definition) is 6. The molecule has 0 radical (unpaired) electrons. The van der Waals surface area contributed by atoms with Crippen LogP contribution in [0.3, 0.4) is 0 Å². The zero-order valence-electron chi connectivity index (χ0n) is 13.1. The Morgan fingerprint density at radius 2 is 1.91 bits per heavy atom. The summed E-state index contributed by atoms with van der Waals surface area (Å²) in [6, 6.07) is 7.45. The summed E-state index contributed by atoms with van der Waals surface area (Å²) in [5, 5.41) is 2.60. The van der Waals surface area contributed by atoms with E-state index >= 15 is 0 Å². The fourth-order valence-corrected chi connectivity index (χ4v) is 4.91. The van der Waals surface area contributed by atoms with Crippen LogP contribution in [0.4, 0.5) is 0 Å². The molecular weight excluding hydrogens is 334 g/mol. The van der Waals surface area contributed by atoms with Gasteiger partial charge in [-0.15, -0.1) is 23.5 Å². The molecule has 1 aromatic rings. The number of nitrogens with one attached hydrogen (secondary N) is 1. The van der Waals surface area contributed by atoms with Gasteiger partial charge in [-0.25, -0.2) is 4.79 Å². The van der Waals surface area contributed by atoms with Gasteiger partial charge in [0.1, 0.15) is 0 Å². The van der Waals surface area contributed by atoms with E-state index in [1.54, 1.807) is 19.2 Å². The molecule has 1 heterocycles. The molecule has 1 aliphatic heterocycles. The summed E-state index contributed by atoms with van der Waals surface area (Å²) in [6.07, 6.45) is 1.25. The minimum absolute atomic E-state index is 0.279. The lowest BCUT2D eigenvalue weighted by Gasteiger charge is -2.21. The van der Waals surface area contributed by atoms with Crippen molar-refractivity contribution in [3.8, 4) is 0 Å². The lowest BCUT2D eigenvalue weighted by molar-refractivity contribution is -0.124. The van der Waals surface area contributed by atoms with Crippen molar-refractivity contribution in [2.75, 3.05) is 38.4 Å². The van der Waals surface area contributed by atoms with E-state index in [4.69, 9.17) is 9.47 Å². The first-order valence-electron chi connectivity index (χ1n) is 7.46. The summed E-state index contributed by atoms with van der Waals surface area (Å²) in [6.45, 7) is 0.551. The highest BCUT2D eigenvalue weighted by atomic mass is 32.2. The number of hydrogen-bond donors (Lipinski definition) is 1. The molecule has 5 nitrogen and oxygen atoms in total. The maximum absolute atomic E-state index is 11.9. The van der Waals surface area contributed by atoms with Gasteiger partial charge in [0.05, 0.1) is 16.8 Å². The van der Waals surface area contributed by atoms with Crippen LogP contribution in [0.25, 0.3) is 0 Å². The van der Waals surface area contributed by atoms with Gasteiger partial charge in [0.2, 0.25) is 0 Å². The Morgan fingerprint density at radius 3 is 2.57 bits per heavy atom. The fourth-order valence-electron chi connectivity index (χ4n) is 2.01. The number of carbonyl (C=O) groups excluding carboxylic acids is 2. The van der Waals surface area contributed by atoms with Gasteiger partial charge in [-0.05, 0) is 35.6 Å². The van der Waals surface area contributed by atoms with E-state index in [0.29, 0.717) is 23.3 Å². The van der Waals surface area contributed by atoms with Crippen LogP contribution >= 0.6 is 23.5 Å². The third-order valence-corrected chi connectivity index (χ3v) is 6.22. The molecule has 1 saturated heterocycles. The zero-order valence-corrected chi connectivity index (χ0v) is 14.7. The Bertz CT molecular complexity index is 515. The van der Waals surface area contributed by atoms with E-state index in [9.17, 15) is 9.59 Å². The minimum Gasteiger partial charge on any atom is -0.452 e. The number of esters is 1. The van der Waals surface area contributed by atoms with E-state index in [-0.39, 0.29) is 12.5 Å². The first-order valence-corrected chi connectivity index (χ1v) is 9.56. The monoisotopic (exact) mass is 355 g/mol. The second-order valence-electron chi connectivity index (χ2n) is 4.97. The maximum atomic E-state index is 11.9. The Morgan fingerprint density at radius 1 is 1.22 bits per heavy atom. The number of ether oxygens (including phenoxy) is 2. The molecule has 7 heteroatoms. The molecule has 2 rings (SSSR count). The minimum atomic E-state index is -0.484. The molecule has 23 heavy (non-hydrogen) atoms. The Hall–Kier alpha value is -1.18. The van der Waals surface area contributed by atoms with Crippen molar-refractivity contribution in [2.45, 2.75) is 11.0 Å². The van der Waals surface area contributed by atoms with Crippen LogP contribution in [0.15, 0.2) is 24.3 Å². The van der Waals surface area contributed by atoms with Crippen LogP contribution in [-0.4, -0.2) is 50.3 Å². The van der Waals surface area contributed by atoms with E-state index in [1.807, 2.05) is 35.7 Å². The van der Waals surface area contributed by atoms with Crippen LogP contribution in [0.2, 0.25) is 0 Å². The van der Waals surface area contributed by atoms with Crippen molar-refractivity contribution >= 4 is 35.4 Å². The van der Waals surface area contributed by atoms with Crippen molar-refractivity contribution in [3.63, 3.8) is 0 Å². The molecule has 0 atom stereocenters.